The number of primary amides is 1. The summed E-state index contributed by atoms with van der Waals surface area (Å²) >= 11 is 30.5. The van der Waals surface area contributed by atoms with E-state index in [9.17, 15) is 43.2 Å². The molecule has 3 atom stereocenters. The van der Waals surface area contributed by atoms with E-state index in [4.69, 9.17) is 76.8 Å². The lowest BCUT2D eigenvalue weighted by atomic mass is 9.91. The van der Waals surface area contributed by atoms with Gasteiger partial charge in [0.2, 0.25) is 0 Å². The van der Waals surface area contributed by atoms with Crippen molar-refractivity contribution in [3.05, 3.63) is 173 Å². The number of H-pyrrole nitrogens is 1. The molecular formula is C64H79Br2Cl4N17O13. The van der Waals surface area contributed by atoms with Crippen LogP contribution < -0.4 is 60.3 Å². The number of aromatic nitrogens is 10. The number of aromatic amines is 1. The number of ketones is 1. The molecule has 4 saturated heterocycles. The number of Topliss-reactive ketones (excluding diaryl/α,β-unsaturated/α-hetero) is 1. The molecule has 7 aromatic rings. The Morgan fingerprint density at radius 2 is 0.890 bits per heavy atom. The maximum atomic E-state index is 13.2. The second-order valence-electron chi connectivity index (χ2n) is 24.0. The highest BCUT2D eigenvalue weighted by atomic mass is 79.9. The Morgan fingerprint density at radius 1 is 0.520 bits per heavy atom. The van der Waals surface area contributed by atoms with E-state index in [2.05, 4.69) is 93.3 Å². The Morgan fingerprint density at radius 3 is 1.18 bits per heavy atom. The van der Waals surface area contributed by atoms with E-state index in [0.29, 0.717) is 74.0 Å². The minimum atomic E-state index is -0.969. The standard InChI is InChI=1S/2C16H16ClN5O3.C12H12BrClN2O3.C6H4BrClN2O2.C6H10O2.C4H5N3.4CH4/c2*1-15(2)16(4-6-25-15)21-13(23)12-9(17)7-10(14(24)22(12)16)20-11-3-5-18-8-19-11;1-11(2)12(3-4-19-11)15-9(17)8-7(14)5-6(13)10(18)16(8)12;7-2-1-3(8)4(5(9)11)10-6(2)12;1-6(2)5(7)3-4-8-6;5-4-1-2-6-3-7-4;;;;/h2*3,5,7-8H,4,6H2,1-2H3,(H,21,23)(H,18,19,20);5H,3-4H2,1-2H3,(H,15,17);1H,(H2,9,11)(H,10,12);3-4H2,1-2H3;1-3H,(H2,5,6,7);4*1H4. The molecule has 14 heterocycles. The van der Waals surface area contributed by atoms with E-state index in [1.54, 1.807) is 36.8 Å². The highest BCUT2D eigenvalue weighted by molar-refractivity contribution is 9.10. The molecule has 3 unspecified atom stereocenters. The monoisotopic (exact) mass is 1590 g/mol. The smallest absolute Gasteiger partial charge is 0.277 e. The van der Waals surface area contributed by atoms with Gasteiger partial charge in [-0.1, -0.05) is 76.1 Å². The third-order valence-electron chi connectivity index (χ3n) is 16.9. The predicted molar refractivity (Wildman–Crippen MR) is 387 cm³/mol. The van der Waals surface area contributed by atoms with Crippen LogP contribution >= 0.6 is 78.3 Å². The second kappa shape index (κ2) is 31.9. The number of nitrogens with zero attached hydrogens (tertiary/aromatic N) is 9. The largest absolute Gasteiger partial charge is 0.384 e. The number of hydrogen-bond donors (Lipinski definition) is 8. The maximum Gasteiger partial charge on any atom is 0.277 e. The molecule has 0 bridgehead atoms. The number of rotatable bonds is 5. The molecule has 100 heavy (non-hydrogen) atoms. The summed E-state index contributed by atoms with van der Waals surface area (Å²) in [6.07, 6.45) is 10.9. The number of carbonyl (C=O) groups is 5. The van der Waals surface area contributed by atoms with Crippen LogP contribution in [0.15, 0.2) is 108 Å². The number of nitrogen functional groups attached to an aromatic ring is 1. The molecule has 4 fully saturated rings. The molecule has 540 valence electrons. The SMILES string of the molecule is C.C.C.C.CC1(C)OCCC12NC(=O)c1c(Cl)cc(Br)c(=O)n12.CC1(C)OCCC12NC(=O)c1c(Cl)cc(Nc3ccncn3)c(=O)n12.CC1(C)OCCC12NC(=O)c1c(Cl)cc(Nc3ccncn3)c(=O)n12.CC1(C)OCCC1=O.NC(=O)c1[nH]c(=O)c(Br)cc1Cl.Nc1ccncn1. The van der Waals surface area contributed by atoms with Crippen LogP contribution in [0.5, 0.6) is 0 Å². The van der Waals surface area contributed by atoms with Crippen molar-refractivity contribution in [1.29, 1.82) is 0 Å². The van der Waals surface area contributed by atoms with Crippen LogP contribution in [0.2, 0.25) is 20.1 Å². The van der Waals surface area contributed by atoms with Crippen LogP contribution in [-0.4, -0.2) is 127 Å². The van der Waals surface area contributed by atoms with Gasteiger partial charge in [-0.3, -0.25) is 56.9 Å². The lowest BCUT2D eigenvalue weighted by Gasteiger charge is -2.37. The van der Waals surface area contributed by atoms with Crippen LogP contribution in [0.25, 0.3) is 0 Å². The van der Waals surface area contributed by atoms with Gasteiger partial charge in [0.15, 0.2) is 22.8 Å². The first-order chi connectivity index (χ1) is 45.1. The average Bonchev–Trinajstić information content (AvgIpc) is 1.56. The van der Waals surface area contributed by atoms with Gasteiger partial charge in [0.25, 0.3) is 45.9 Å². The first kappa shape index (κ1) is 82.6. The van der Waals surface area contributed by atoms with Gasteiger partial charge in [0.1, 0.15) is 93.0 Å². The normalized spacial score (nSPS) is 20.9. The highest BCUT2D eigenvalue weighted by Crippen LogP contribution is 2.47. The molecule has 30 nitrogen and oxygen atoms in total. The van der Waals surface area contributed by atoms with Gasteiger partial charge in [0.05, 0.1) is 55.5 Å². The number of fused-ring (bicyclic) bond motifs is 6. The molecule has 3 spiro atoms. The molecule has 0 aromatic carbocycles. The number of amides is 4. The van der Waals surface area contributed by atoms with Crippen molar-refractivity contribution in [1.82, 2.24) is 64.5 Å². The minimum absolute atomic E-state index is 0. The molecular weight excluding hydrogens is 1520 g/mol. The molecule has 7 aliphatic rings. The van der Waals surface area contributed by atoms with Crippen LogP contribution in [0.1, 0.15) is 153 Å². The van der Waals surface area contributed by atoms with Crippen molar-refractivity contribution in [3.8, 4) is 0 Å². The lowest BCUT2D eigenvalue weighted by molar-refractivity contribution is -0.128. The van der Waals surface area contributed by atoms with Crippen molar-refractivity contribution in [2.75, 3.05) is 42.8 Å². The molecule has 4 amide bonds. The lowest BCUT2D eigenvalue weighted by Crippen LogP contribution is -2.58. The Bertz CT molecular complexity index is 4340. The summed E-state index contributed by atoms with van der Waals surface area (Å²) in [5.74, 6) is -0.220. The Balaban J connectivity index is 0.000000226. The van der Waals surface area contributed by atoms with Gasteiger partial charge in [0, 0.05) is 44.3 Å². The van der Waals surface area contributed by atoms with Crippen molar-refractivity contribution in [3.63, 3.8) is 0 Å². The van der Waals surface area contributed by atoms with Crippen LogP contribution in [0, 0.1) is 0 Å². The molecule has 0 saturated carbocycles. The van der Waals surface area contributed by atoms with Crippen molar-refractivity contribution in [2.24, 2.45) is 5.73 Å². The summed E-state index contributed by atoms with van der Waals surface area (Å²) in [4.78, 5) is 134. The van der Waals surface area contributed by atoms with E-state index in [1.807, 2.05) is 55.4 Å². The van der Waals surface area contributed by atoms with Gasteiger partial charge >= 0.3 is 0 Å². The summed E-state index contributed by atoms with van der Waals surface area (Å²) in [6.45, 7) is 16.7. The Kier molecular flexibility index (Phi) is 26.3. The summed E-state index contributed by atoms with van der Waals surface area (Å²) < 4.78 is 27.2. The van der Waals surface area contributed by atoms with E-state index in [0.717, 1.165) is 0 Å². The van der Waals surface area contributed by atoms with Gasteiger partial charge in [-0.15, -0.1) is 0 Å². The van der Waals surface area contributed by atoms with E-state index in [-0.39, 0.29) is 129 Å². The van der Waals surface area contributed by atoms with E-state index >= 15 is 0 Å². The van der Waals surface area contributed by atoms with Gasteiger partial charge in [-0.2, -0.15) is 0 Å². The minimum Gasteiger partial charge on any atom is -0.384 e. The fraction of sp³-hybridized carbons (Fsp3) is 0.422. The molecule has 7 aromatic heterocycles. The molecule has 10 N–H and O–H groups in total. The average molecular weight is 1600 g/mol. The van der Waals surface area contributed by atoms with Crippen molar-refractivity contribution < 1.29 is 42.9 Å². The fourth-order valence-electron chi connectivity index (χ4n) is 11.7. The first-order valence-electron chi connectivity index (χ1n) is 29.1. The van der Waals surface area contributed by atoms with E-state index in [1.165, 1.54) is 56.9 Å². The number of pyridine rings is 4. The number of hydrogen-bond acceptors (Lipinski definition) is 22. The topological polar surface area (TPSA) is 411 Å². The van der Waals surface area contributed by atoms with Crippen LogP contribution in [0.4, 0.5) is 28.8 Å². The zero-order valence-corrected chi connectivity index (χ0v) is 58.6. The number of ether oxygens (including phenoxy) is 4. The number of nitrogens with one attached hydrogen (secondary N) is 6. The Hall–Kier alpha value is -8.05. The Labute approximate surface area is 612 Å². The number of nitrogens with two attached hydrogens (primary N) is 2. The third-order valence-corrected chi connectivity index (χ3v) is 19.2. The van der Waals surface area contributed by atoms with E-state index < -0.39 is 50.9 Å². The predicted octanol–water partition coefficient (Wildman–Crippen LogP) is 9.37. The zero-order chi connectivity index (χ0) is 70.3. The van der Waals surface area contributed by atoms with Crippen LogP contribution in [0.3, 0.4) is 0 Å². The highest BCUT2D eigenvalue weighted by Gasteiger charge is 2.61. The first-order valence-corrected chi connectivity index (χ1v) is 32.2. The molecule has 14 rings (SSSR count). The van der Waals surface area contributed by atoms with Gasteiger partial charge in [-0.05, 0) is 130 Å². The summed E-state index contributed by atoms with van der Waals surface area (Å²) in [5, 5.41) is 15.4. The van der Waals surface area contributed by atoms with Crippen LogP contribution in [-0.2, 0) is 40.7 Å². The molecule has 7 aliphatic heterocycles. The van der Waals surface area contributed by atoms with Gasteiger partial charge in [-0.25, -0.2) is 29.9 Å². The zero-order valence-electron chi connectivity index (χ0n) is 52.4. The summed E-state index contributed by atoms with van der Waals surface area (Å²) in [7, 11) is 0. The summed E-state index contributed by atoms with van der Waals surface area (Å²) in [5.41, 5.74) is 4.08. The maximum absolute atomic E-state index is 13.2. The molecule has 0 radical (unpaired) electrons. The van der Waals surface area contributed by atoms with Crippen molar-refractivity contribution >= 4 is 137 Å². The molecule has 0 aliphatic carbocycles. The number of carbonyl (C=O) groups excluding carboxylic acids is 5. The second-order valence-corrected chi connectivity index (χ2v) is 27.4. The van der Waals surface area contributed by atoms with Gasteiger partial charge < -0.3 is 62.0 Å². The third kappa shape index (κ3) is 15.7. The number of halogens is 6. The molecule has 36 heteroatoms. The van der Waals surface area contributed by atoms with Crippen molar-refractivity contribution in [2.45, 2.75) is 150 Å². The number of anilines is 5. The summed E-state index contributed by atoms with van der Waals surface area (Å²) in [6, 6.07) is 10.6. The quantitative estimate of drug-likeness (QED) is 0.0795. The fourth-order valence-corrected chi connectivity index (χ4v) is 13.8.